The van der Waals surface area contributed by atoms with E-state index in [-0.39, 0.29) is 5.63 Å². The van der Waals surface area contributed by atoms with Crippen molar-refractivity contribution in [1.29, 1.82) is 0 Å². The highest BCUT2D eigenvalue weighted by atomic mass is 32.1. The SMILES string of the molecule is Cc1ccc(Cc2nc3scc(C)c3c(=O)o2)cc1. The lowest BCUT2D eigenvalue weighted by atomic mass is 10.1. The summed E-state index contributed by atoms with van der Waals surface area (Å²) in [7, 11) is 0. The number of rotatable bonds is 2. The lowest BCUT2D eigenvalue weighted by Gasteiger charge is -2.01. The molecule has 3 aromatic rings. The van der Waals surface area contributed by atoms with Gasteiger partial charge in [-0.05, 0) is 30.4 Å². The number of aromatic nitrogens is 1. The molecule has 0 radical (unpaired) electrons. The van der Waals surface area contributed by atoms with Gasteiger partial charge >= 0.3 is 5.63 Å². The monoisotopic (exact) mass is 271 g/mol. The van der Waals surface area contributed by atoms with Crippen molar-refractivity contribution in [1.82, 2.24) is 4.98 Å². The number of hydrogen-bond acceptors (Lipinski definition) is 4. The van der Waals surface area contributed by atoms with Crippen LogP contribution in [-0.2, 0) is 6.42 Å². The minimum Gasteiger partial charge on any atom is -0.407 e. The lowest BCUT2D eigenvalue weighted by Crippen LogP contribution is -2.05. The molecule has 0 saturated heterocycles. The van der Waals surface area contributed by atoms with Crippen molar-refractivity contribution >= 4 is 21.6 Å². The fraction of sp³-hybridized carbons (Fsp3) is 0.200. The van der Waals surface area contributed by atoms with E-state index in [0.29, 0.717) is 17.7 Å². The number of thiophene rings is 1. The van der Waals surface area contributed by atoms with E-state index in [1.165, 1.54) is 16.9 Å². The summed E-state index contributed by atoms with van der Waals surface area (Å²) in [6, 6.07) is 8.14. The fourth-order valence-corrected chi connectivity index (χ4v) is 2.93. The van der Waals surface area contributed by atoms with Gasteiger partial charge in [0.25, 0.3) is 0 Å². The summed E-state index contributed by atoms with van der Waals surface area (Å²) in [5.41, 5.74) is 2.95. The Morgan fingerprint density at radius 2 is 1.95 bits per heavy atom. The molecule has 96 valence electrons. The molecule has 0 amide bonds. The van der Waals surface area contributed by atoms with Gasteiger partial charge in [-0.2, -0.15) is 0 Å². The number of benzene rings is 1. The summed E-state index contributed by atoms with van der Waals surface area (Å²) < 4.78 is 5.30. The second-order valence-corrected chi connectivity index (χ2v) is 5.51. The summed E-state index contributed by atoms with van der Waals surface area (Å²) in [6.45, 7) is 3.94. The number of fused-ring (bicyclic) bond motifs is 1. The minimum atomic E-state index is -0.286. The Labute approximate surface area is 114 Å². The summed E-state index contributed by atoms with van der Waals surface area (Å²) in [4.78, 5) is 17.1. The Morgan fingerprint density at radius 3 is 2.68 bits per heavy atom. The van der Waals surface area contributed by atoms with Gasteiger partial charge in [-0.3, -0.25) is 0 Å². The third-order valence-corrected chi connectivity index (χ3v) is 4.06. The molecule has 0 saturated carbocycles. The summed E-state index contributed by atoms with van der Waals surface area (Å²) in [5.74, 6) is 0.475. The maximum atomic E-state index is 11.9. The summed E-state index contributed by atoms with van der Waals surface area (Å²) in [6.07, 6.45) is 0.544. The van der Waals surface area contributed by atoms with Crippen LogP contribution in [0.4, 0.5) is 0 Å². The second kappa shape index (κ2) is 4.63. The molecule has 0 atom stereocenters. The molecule has 4 heteroatoms. The zero-order chi connectivity index (χ0) is 13.4. The summed E-state index contributed by atoms with van der Waals surface area (Å²) >= 11 is 1.48. The van der Waals surface area contributed by atoms with Crippen LogP contribution in [0.5, 0.6) is 0 Å². The van der Waals surface area contributed by atoms with Gasteiger partial charge in [0.1, 0.15) is 4.83 Å². The number of hydrogen-bond donors (Lipinski definition) is 0. The molecule has 0 bridgehead atoms. The van der Waals surface area contributed by atoms with E-state index in [1.54, 1.807) is 0 Å². The predicted molar refractivity (Wildman–Crippen MR) is 76.9 cm³/mol. The first-order chi connectivity index (χ1) is 9.13. The molecule has 3 nitrogen and oxygen atoms in total. The van der Waals surface area contributed by atoms with Gasteiger partial charge in [0.05, 0.1) is 5.39 Å². The largest absolute Gasteiger partial charge is 0.407 e. The number of aryl methyl sites for hydroxylation is 2. The van der Waals surface area contributed by atoms with Gasteiger partial charge in [0.2, 0.25) is 5.89 Å². The molecular weight excluding hydrogens is 258 g/mol. The average molecular weight is 271 g/mol. The minimum absolute atomic E-state index is 0.286. The Morgan fingerprint density at radius 1 is 1.21 bits per heavy atom. The van der Waals surface area contributed by atoms with Crippen LogP contribution >= 0.6 is 11.3 Å². The third-order valence-electron chi connectivity index (χ3n) is 3.07. The van der Waals surface area contributed by atoms with Crippen LogP contribution in [0, 0.1) is 13.8 Å². The van der Waals surface area contributed by atoms with Crippen molar-refractivity contribution < 1.29 is 4.42 Å². The first kappa shape index (κ1) is 12.1. The highest BCUT2D eigenvalue weighted by molar-refractivity contribution is 7.16. The van der Waals surface area contributed by atoms with E-state index in [9.17, 15) is 4.79 Å². The van der Waals surface area contributed by atoms with Crippen molar-refractivity contribution in [2.24, 2.45) is 0 Å². The normalized spacial score (nSPS) is 11.1. The van der Waals surface area contributed by atoms with Crippen molar-refractivity contribution in [3.8, 4) is 0 Å². The zero-order valence-corrected chi connectivity index (χ0v) is 11.6. The molecule has 0 unspecified atom stereocenters. The van der Waals surface area contributed by atoms with E-state index in [2.05, 4.69) is 4.98 Å². The molecule has 0 aliphatic heterocycles. The van der Waals surface area contributed by atoms with Crippen LogP contribution in [0.25, 0.3) is 10.2 Å². The van der Waals surface area contributed by atoms with E-state index >= 15 is 0 Å². The Hall–Kier alpha value is -1.94. The van der Waals surface area contributed by atoms with Gasteiger partial charge in [-0.25, -0.2) is 9.78 Å². The molecule has 2 heterocycles. The highest BCUT2D eigenvalue weighted by Gasteiger charge is 2.10. The first-order valence-electron chi connectivity index (χ1n) is 6.07. The Kier molecular flexibility index (Phi) is 2.95. The van der Waals surface area contributed by atoms with Gasteiger partial charge in [-0.1, -0.05) is 29.8 Å². The average Bonchev–Trinajstić information content (AvgIpc) is 2.74. The topological polar surface area (TPSA) is 43.1 Å². The first-order valence-corrected chi connectivity index (χ1v) is 6.95. The van der Waals surface area contributed by atoms with Crippen LogP contribution in [-0.4, -0.2) is 4.98 Å². The van der Waals surface area contributed by atoms with Crippen LogP contribution in [0.2, 0.25) is 0 Å². The quantitative estimate of drug-likeness (QED) is 0.717. The molecule has 19 heavy (non-hydrogen) atoms. The molecule has 0 aliphatic carbocycles. The standard InChI is InChI=1S/C15H13NO2S/c1-9-3-5-11(6-4-9)7-12-16-14-13(15(17)18-12)10(2)8-19-14/h3-6,8H,7H2,1-2H3. The zero-order valence-electron chi connectivity index (χ0n) is 10.8. The lowest BCUT2D eigenvalue weighted by molar-refractivity contribution is 0.455. The Bertz CT molecular complexity index is 784. The molecule has 2 aromatic heterocycles. The van der Waals surface area contributed by atoms with E-state index in [4.69, 9.17) is 4.42 Å². The van der Waals surface area contributed by atoms with Gasteiger partial charge < -0.3 is 4.42 Å². The molecule has 1 aromatic carbocycles. The smallest absolute Gasteiger partial charge is 0.348 e. The number of nitrogens with zero attached hydrogens (tertiary/aromatic N) is 1. The van der Waals surface area contributed by atoms with Crippen LogP contribution in [0.3, 0.4) is 0 Å². The van der Waals surface area contributed by atoms with E-state index < -0.39 is 0 Å². The van der Waals surface area contributed by atoms with Gasteiger partial charge in [0.15, 0.2) is 0 Å². The predicted octanol–water partition coefficient (Wildman–Crippen LogP) is 3.46. The van der Waals surface area contributed by atoms with Crippen LogP contribution in [0.15, 0.2) is 38.9 Å². The maximum Gasteiger partial charge on any atom is 0.348 e. The maximum absolute atomic E-state index is 11.9. The summed E-state index contributed by atoms with van der Waals surface area (Å²) in [5, 5.41) is 2.54. The van der Waals surface area contributed by atoms with E-state index in [1.807, 2.05) is 43.5 Å². The van der Waals surface area contributed by atoms with Crippen molar-refractivity contribution in [3.05, 3.63) is 62.6 Å². The molecule has 3 rings (SSSR count). The van der Waals surface area contributed by atoms with Crippen LogP contribution in [0.1, 0.15) is 22.6 Å². The van der Waals surface area contributed by atoms with Crippen LogP contribution < -0.4 is 5.63 Å². The van der Waals surface area contributed by atoms with Crippen molar-refractivity contribution in [3.63, 3.8) is 0 Å². The Balaban J connectivity index is 2.02. The van der Waals surface area contributed by atoms with Crippen molar-refractivity contribution in [2.45, 2.75) is 20.3 Å². The fourth-order valence-electron chi connectivity index (χ4n) is 2.01. The van der Waals surface area contributed by atoms with Gasteiger partial charge in [-0.15, -0.1) is 11.3 Å². The molecule has 0 spiro atoms. The third kappa shape index (κ3) is 2.31. The van der Waals surface area contributed by atoms with E-state index in [0.717, 1.165) is 16.0 Å². The highest BCUT2D eigenvalue weighted by Crippen LogP contribution is 2.21. The van der Waals surface area contributed by atoms with Crippen molar-refractivity contribution in [2.75, 3.05) is 0 Å². The molecule has 0 N–H and O–H groups in total. The molecule has 0 fully saturated rings. The molecular formula is C15H13NO2S. The van der Waals surface area contributed by atoms with Gasteiger partial charge in [0, 0.05) is 6.42 Å². The second-order valence-electron chi connectivity index (χ2n) is 4.66. The molecule has 0 aliphatic rings.